The number of benzene rings is 1. The van der Waals surface area contributed by atoms with Crippen molar-refractivity contribution in [1.82, 2.24) is 5.32 Å². The summed E-state index contributed by atoms with van der Waals surface area (Å²) in [6.45, 7) is 13.9. The second-order valence-corrected chi connectivity index (χ2v) is 24.8. The van der Waals surface area contributed by atoms with Gasteiger partial charge < -0.3 is 35.6 Å². The molecule has 1 aliphatic heterocycles. The lowest BCUT2D eigenvalue weighted by Gasteiger charge is -2.28. The van der Waals surface area contributed by atoms with Gasteiger partial charge in [0.15, 0.2) is 5.78 Å². The highest BCUT2D eigenvalue weighted by molar-refractivity contribution is 7.47. The minimum atomic E-state index is -4.38. The highest BCUT2D eigenvalue weighted by Crippen LogP contribution is 2.49. The molecule has 1 aromatic rings. The number of ether oxygens (including phenoxy) is 1. The average Bonchev–Trinajstić information content (AvgIpc) is 3.39. The maximum atomic E-state index is 14.2. The van der Waals surface area contributed by atoms with Gasteiger partial charge in [0.2, 0.25) is 11.7 Å². The SMILES string of the molecule is CCCCCCCCCCCCCCCCCC(OP(=O)(O)OCC[N+](C)(C)C)c1ccc(NC(=O)CCCCC2=C3C[C@@H](C)C[C@H](C)[C@H](O)[C@@H](C)/C=C(\C)[C@H](OC(N)=O)[C@@H](C)/C=C\C=C(/C)C(=O)NC(=CC2=O)C3=O)cc1. The third-order valence-corrected chi connectivity index (χ3v) is 16.0. The molecule has 3 rings (SSSR count). The number of hydrogen-bond acceptors (Lipinski definition) is 10. The lowest BCUT2D eigenvalue weighted by Crippen LogP contribution is -2.37. The molecule has 0 aromatic heterocycles. The number of phosphoric ester groups is 1. The summed E-state index contributed by atoms with van der Waals surface area (Å²) in [5.41, 5.74) is 8.23. The number of primary amides is 1. The highest BCUT2D eigenvalue weighted by atomic mass is 31.2. The van der Waals surface area contributed by atoms with Crippen molar-refractivity contribution in [2.24, 2.45) is 29.4 Å². The number of rotatable bonds is 30. The molecular formula is C62H100N4O11P+. The molecule has 78 heavy (non-hydrogen) atoms. The van der Waals surface area contributed by atoms with Crippen LogP contribution < -0.4 is 16.4 Å². The van der Waals surface area contributed by atoms with Crippen LogP contribution in [-0.4, -0.2) is 90.5 Å². The van der Waals surface area contributed by atoms with Crippen molar-refractivity contribution in [1.29, 1.82) is 0 Å². The predicted molar refractivity (Wildman–Crippen MR) is 312 cm³/mol. The van der Waals surface area contributed by atoms with Crippen LogP contribution in [0.15, 0.2) is 82.6 Å². The topological polar surface area (TPSA) is 221 Å². The number of aliphatic hydroxyl groups excluding tert-OH is 1. The van der Waals surface area contributed by atoms with Gasteiger partial charge in [0.1, 0.15) is 19.3 Å². The number of hydrogen-bond donors (Lipinski definition) is 5. The standard InChI is InChI=1S/C62H99N4O11P/c1-11-12-13-14-15-16-17-18-19-20-21-22-23-24-25-32-56(77-78(73,74)75-39-38-66(8,9)10)50-34-36-51(37-35-50)64-57(68)33-27-26-31-52-53-41-44(2)40-47(5)58(69)48(6)42-49(7)60(76-62(63)72)45(3)29-28-30-46(4)61(71)65-54(59(53)70)43-55(52)67/h28-30,34-37,42-45,47-48,56,58,60,69H,11-27,31-33,38-41H2,1-10H3,(H4-,63,64,65,67,68,71,72,73,74)/p+1/b29-28-,46-30+,49-42+/t44-,45-,47-,48-,56?,58-,60+/m0/s1. The third-order valence-electron chi connectivity index (χ3n) is 15.0. The van der Waals surface area contributed by atoms with E-state index in [0.717, 1.165) is 19.3 Å². The largest absolute Gasteiger partial charge is 0.472 e. The summed E-state index contributed by atoms with van der Waals surface area (Å²) in [4.78, 5) is 77.4. The fourth-order valence-electron chi connectivity index (χ4n) is 10.4. The Morgan fingerprint density at radius 1 is 0.846 bits per heavy atom. The van der Waals surface area contributed by atoms with Gasteiger partial charge in [-0.05, 0) is 87.5 Å². The summed E-state index contributed by atoms with van der Waals surface area (Å²) in [6.07, 6.45) is 26.1. The number of carbonyl (C=O) groups excluding carboxylic acids is 5. The van der Waals surface area contributed by atoms with E-state index in [1.165, 1.54) is 83.1 Å². The molecule has 2 aliphatic rings. The molecule has 15 nitrogen and oxygen atoms in total. The zero-order valence-corrected chi connectivity index (χ0v) is 50.1. The van der Waals surface area contributed by atoms with Gasteiger partial charge in [-0.3, -0.25) is 28.2 Å². The molecule has 0 radical (unpaired) electrons. The number of amides is 3. The molecule has 0 saturated heterocycles. The van der Waals surface area contributed by atoms with E-state index in [4.69, 9.17) is 19.5 Å². The number of fused-ring (bicyclic) bond motifs is 2. The molecule has 16 heteroatoms. The van der Waals surface area contributed by atoms with Gasteiger partial charge in [-0.15, -0.1) is 0 Å². The number of anilines is 1. The zero-order chi connectivity index (χ0) is 57.8. The lowest BCUT2D eigenvalue weighted by atomic mass is 9.80. The van der Waals surface area contributed by atoms with E-state index in [-0.39, 0.29) is 72.5 Å². The average molecular weight is 1110 g/mol. The molecule has 3 amide bonds. The molecule has 2 bridgehead atoms. The molecule has 1 heterocycles. The van der Waals surface area contributed by atoms with Crippen LogP contribution in [-0.2, 0) is 37.5 Å². The Bertz CT molecular complexity index is 2280. The summed E-state index contributed by atoms with van der Waals surface area (Å²) in [7, 11) is 1.56. The van der Waals surface area contributed by atoms with Crippen LogP contribution in [0.5, 0.6) is 0 Å². The minimum Gasteiger partial charge on any atom is -0.441 e. The number of quaternary nitrogens is 1. The summed E-state index contributed by atoms with van der Waals surface area (Å²) in [5.74, 6) is -2.64. The van der Waals surface area contributed by atoms with Crippen molar-refractivity contribution >= 4 is 43.0 Å². The van der Waals surface area contributed by atoms with Gasteiger partial charge in [-0.2, -0.15) is 0 Å². The molecule has 0 fully saturated rings. The summed E-state index contributed by atoms with van der Waals surface area (Å²) >= 11 is 0. The normalized spacial score (nSPS) is 24.0. The number of aliphatic hydroxyl groups is 1. The first-order valence-corrected chi connectivity index (χ1v) is 30.8. The van der Waals surface area contributed by atoms with Crippen LogP contribution in [0.4, 0.5) is 10.5 Å². The Balaban J connectivity index is 1.66. The van der Waals surface area contributed by atoms with Gasteiger partial charge in [0.25, 0.3) is 5.91 Å². The van der Waals surface area contributed by atoms with Crippen molar-refractivity contribution in [2.45, 2.75) is 208 Å². The van der Waals surface area contributed by atoms with E-state index in [1.54, 1.807) is 49.4 Å². The summed E-state index contributed by atoms with van der Waals surface area (Å²) in [5, 5.41) is 17.1. The van der Waals surface area contributed by atoms with Crippen molar-refractivity contribution in [3.8, 4) is 0 Å². The third kappa shape index (κ3) is 26.2. The Morgan fingerprint density at radius 2 is 1.44 bits per heavy atom. The zero-order valence-electron chi connectivity index (χ0n) is 49.2. The van der Waals surface area contributed by atoms with Gasteiger partial charge in [0.05, 0.1) is 39.0 Å². The Kier molecular flexibility index (Phi) is 30.7. The summed E-state index contributed by atoms with van der Waals surface area (Å²) in [6, 6.07) is 7.11. The smallest absolute Gasteiger partial charge is 0.441 e. The van der Waals surface area contributed by atoms with Crippen LogP contribution in [0.25, 0.3) is 0 Å². The maximum absolute atomic E-state index is 14.2. The predicted octanol–water partition coefficient (Wildman–Crippen LogP) is 13.4. The lowest BCUT2D eigenvalue weighted by molar-refractivity contribution is -0.870. The van der Waals surface area contributed by atoms with Crippen LogP contribution in [0, 0.1) is 23.7 Å². The number of unbranched alkanes of at least 4 members (excludes halogenated alkanes) is 15. The van der Waals surface area contributed by atoms with Crippen LogP contribution in [0.3, 0.4) is 0 Å². The van der Waals surface area contributed by atoms with Gasteiger partial charge in [0, 0.05) is 46.7 Å². The molecule has 0 saturated carbocycles. The number of likely N-dealkylation sites (N-methyl/N-ethyl adjacent to an activating group) is 1. The second kappa shape index (κ2) is 35.3. The fraction of sp³-hybridized carbons (Fsp3) is 0.661. The van der Waals surface area contributed by atoms with Crippen molar-refractivity contribution in [2.75, 3.05) is 39.6 Å². The number of phosphoric acid groups is 1. The molecule has 6 N–H and O–H groups in total. The maximum Gasteiger partial charge on any atom is 0.472 e. The molecule has 438 valence electrons. The van der Waals surface area contributed by atoms with Crippen LogP contribution in [0.1, 0.15) is 201 Å². The Morgan fingerprint density at radius 3 is 2.01 bits per heavy atom. The monoisotopic (exact) mass is 1110 g/mol. The van der Waals surface area contributed by atoms with Gasteiger partial charge in [-0.25, -0.2) is 9.36 Å². The van der Waals surface area contributed by atoms with E-state index in [2.05, 4.69) is 17.6 Å². The quantitative estimate of drug-likeness (QED) is 0.0160. The number of Topliss-reactive ketones (excluding diaryl/α,β-unsaturated/α-hetero) is 1. The van der Waals surface area contributed by atoms with Crippen molar-refractivity contribution in [3.63, 3.8) is 0 Å². The molecule has 1 aliphatic carbocycles. The van der Waals surface area contributed by atoms with Crippen LogP contribution >= 0.6 is 7.82 Å². The number of nitrogens with two attached hydrogens (primary N) is 1. The van der Waals surface area contributed by atoms with E-state index in [1.807, 2.05) is 61.8 Å². The van der Waals surface area contributed by atoms with Gasteiger partial charge >= 0.3 is 13.9 Å². The molecular weight excluding hydrogens is 1010 g/mol. The Labute approximate surface area is 468 Å². The minimum absolute atomic E-state index is 0.0674. The highest BCUT2D eigenvalue weighted by Gasteiger charge is 2.33. The van der Waals surface area contributed by atoms with E-state index in [0.29, 0.717) is 64.7 Å². The first kappa shape index (κ1) is 67.8. The van der Waals surface area contributed by atoms with Crippen LogP contribution in [0.2, 0.25) is 0 Å². The molecule has 2 unspecified atom stereocenters. The molecule has 0 spiro atoms. The van der Waals surface area contributed by atoms with Gasteiger partial charge in [-0.1, -0.05) is 167 Å². The summed E-state index contributed by atoms with van der Waals surface area (Å²) < 4.78 is 30.5. The molecule has 8 atom stereocenters. The van der Waals surface area contributed by atoms with E-state index < -0.39 is 43.9 Å². The van der Waals surface area contributed by atoms with E-state index in [9.17, 15) is 38.5 Å². The second-order valence-electron chi connectivity index (χ2n) is 23.4. The first-order valence-electron chi connectivity index (χ1n) is 29.3. The number of nitrogens with zero attached hydrogens (tertiary/aromatic N) is 1. The van der Waals surface area contributed by atoms with E-state index >= 15 is 0 Å². The number of ketones is 2. The number of allylic oxidation sites excluding steroid dienone is 5. The first-order chi connectivity index (χ1) is 36.9. The fourth-order valence-corrected chi connectivity index (χ4v) is 11.3. The Hall–Kier alpha value is -4.50. The molecule has 1 aromatic carbocycles. The van der Waals surface area contributed by atoms with Crippen molar-refractivity contribution in [3.05, 3.63) is 88.2 Å². The van der Waals surface area contributed by atoms with Crippen molar-refractivity contribution < 1.29 is 56.8 Å². The number of nitrogens with one attached hydrogen (secondary N) is 2. The number of carbonyl (C=O) groups is 5.